The van der Waals surface area contributed by atoms with Crippen molar-refractivity contribution in [3.05, 3.63) is 12.4 Å². The van der Waals surface area contributed by atoms with E-state index in [-0.39, 0.29) is 11.0 Å². The van der Waals surface area contributed by atoms with Crippen LogP contribution in [0, 0.1) is 5.41 Å². The fourth-order valence-electron chi connectivity index (χ4n) is 1.31. The van der Waals surface area contributed by atoms with Crippen LogP contribution in [0.3, 0.4) is 0 Å². The van der Waals surface area contributed by atoms with Crippen molar-refractivity contribution in [1.82, 2.24) is 15.1 Å². The number of hydrogen-bond acceptors (Lipinski definition) is 3. The number of ether oxygens (including phenoxy) is 1. The van der Waals surface area contributed by atoms with Crippen LogP contribution in [0.2, 0.25) is 0 Å². The molecule has 0 aliphatic carbocycles. The SMILES string of the molecule is Cn1cc(OCC(C)(C)CNC(C)(C)C)cn1. The van der Waals surface area contributed by atoms with Crippen molar-refractivity contribution in [3.8, 4) is 5.75 Å². The van der Waals surface area contributed by atoms with Crippen molar-refractivity contribution in [1.29, 1.82) is 0 Å². The van der Waals surface area contributed by atoms with Gasteiger partial charge in [0.25, 0.3) is 0 Å². The van der Waals surface area contributed by atoms with Gasteiger partial charge in [-0.25, -0.2) is 0 Å². The van der Waals surface area contributed by atoms with Crippen LogP contribution in [0.4, 0.5) is 0 Å². The maximum absolute atomic E-state index is 5.73. The zero-order chi connectivity index (χ0) is 13.1. The van der Waals surface area contributed by atoms with E-state index in [4.69, 9.17) is 4.74 Å². The molecule has 4 heteroatoms. The molecule has 0 unspecified atom stereocenters. The highest BCUT2D eigenvalue weighted by Gasteiger charge is 2.22. The Morgan fingerprint density at radius 1 is 1.29 bits per heavy atom. The minimum atomic E-state index is 0.100. The van der Waals surface area contributed by atoms with Crippen LogP contribution in [0.5, 0.6) is 5.75 Å². The Hall–Kier alpha value is -1.03. The molecule has 0 saturated heterocycles. The predicted octanol–water partition coefficient (Wildman–Crippen LogP) is 2.21. The van der Waals surface area contributed by atoms with Gasteiger partial charge in [0.05, 0.1) is 19.0 Å². The Bertz CT molecular complexity index is 350. The molecule has 1 aromatic rings. The third kappa shape index (κ3) is 5.73. The smallest absolute Gasteiger partial charge is 0.157 e. The molecule has 1 heterocycles. The highest BCUT2D eigenvalue weighted by Crippen LogP contribution is 2.18. The van der Waals surface area contributed by atoms with Crippen LogP contribution < -0.4 is 10.1 Å². The Labute approximate surface area is 104 Å². The summed E-state index contributed by atoms with van der Waals surface area (Å²) in [6.45, 7) is 12.5. The molecule has 0 fully saturated rings. The molecule has 0 bridgehead atoms. The molecule has 0 aliphatic heterocycles. The van der Waals surface area contributed by atoms with Crippen LogP contribution in [0.15, 0.2) is 12.4 Å². The van der Waals surface area contributed by atoms with Gasteiger partial charge in [-0.3, -0.25) is 4.68 Å². The molecule has 0 aromatic carbocycles. The summed E-state index contributed by atoms with van der Waals surface area (Å²) in [6.07, 6.45) is 3.63. The summed E-state index contributed by atoms with van der Waals surface area (Å²) in [5.74, 6) is 0.830. The molecule has 0 amide bonds. The second-order valence-corrected chi connectivity index (χ2v) is 6.41. The largest absolute Gasteiger partial charge is 0.490 e. The summed E-state index contributed by atoms with van der Waals surface area (Å²) in [5, 5.41) is 7.58. The van der Waals surface area contributed by atoms with Crippen molar-refractivity contribution in [2.75, 3.05) is 13.2 Å². The lowest BCUT2D eigenvalue weighted by Gasteiger charge is -2.30. The van der Waals surface area contributed by atoms with E-state index in [0.717, 1.165) is 12.3 Å². The Morgan fingerprint density at radius 3 is 2.41 bits per heavy atom. The van der Waals surface area contributed by atoms with E-state index in [1.807, 2.05) is 13.2 Å². The van der Waals surface area contributed by atoms with E-state index in [9.17, 15) is 0 Å². The maximum atomic E-state index is 5.73. The van der Waals surface area contributed by atoms with Gasteiger partial charge in [0, 0.05) is 24.5 Å². The molecule has 0 saturated carbocycles. The van der Waals surface area contributed by atoms with Crippen LogP contribution in [0.25, 0.3) is 0 Å². The molecule has 1 aromatic heterocycles. The normalized spacial score (nSPS) is 12.8. The number of aromatic nitrogens is 2. The third-order valence-electron chi connectivity index (χ3n) is 2.41. The molecule has 0 atom stereocenters. The molecule has 0 aliphatic rings. The minimum Gasteiger partial charge on any atom is -0.490 e. The fraction of sp³-hybridized carbons (Fsp3) is 0.769. The van der Waals surface area contributed by atoms with Crippen molar-refractivity contribution in [3.63, 3.8) is 0 Å². The van der Waals surface area contributed by atoms with Gasteiger partial charge < -0.3 is 10.1 Å². The second kappa shape index (κ2) is 5.08. The third-order valence-corrected chi connectivity index (χ3v) is 2.41. The molecule has 0 spiro atoms. The van der Waals surface area contributed by atoms with Gasteiger partial charge in [-0.2, -0.15) is 5.10 Å². The zero-order valence-electron chi connectivity index (χ0n) is 11.9. The maximum Gasteiger partial charge on any atom is 0.157 e. The molecule has 1 N–H and O–H groups in total. The molecule has 0 radical (unpaired) electrons. The van der Waals surface area contributed by atoms with E-state index in [2.05, 4.69) is 45.0 Å². The van der Waals surface area contributed by atoms with Gasteiger partial charge in [-0.15, -0.1) is 0 Å². The number of aryl methyl sites for hydroxylation is 1. The summed E-state index contributed by atoms with van der Waals surface area (Å²) in [5.41, 5.74) is 0.245. The van der Waals surface area contributed by atoms with Gasteiger partial charge >= 0.3 is 0 Å². The van der Waals surface area contributed by atoms with Crippen LogP contribution in [0.1, 0.15) is 34.6 Å². The number of rotatable bonds is 5. The first kappa shape index (κ1) is 14.0. The second-order valence-electron chi connectivity index (χ2n) is 6.41. The highest BCUT2D eigenvalue weighted by molar-refractivity contribution is 5.11. The van der Waals surface area contributed by atoms with E-state index >= 15 is 0 Å². The summed E-state index contributed by atoms with van der Waals surface area (Å²) < 4.78 is 7.48. The summed E-state index contributed by atoms with van der Waals surface area (Å²) in [7, 11) is 1.89. The monoisotopic (exact) mass is 239 g/mol. The Kier molecular flexibility index (Phi) is 4.20. The van der Waals surface area contributed by atoms with Gasteiger partial charge in [-0.05, 0) is 20.8 Å². The van der Waals surface area contributed by atoms with E-state index in [1.54, 1.807) is 10.9 Å². The number of hydrogen-bond donors (Lipinski definition) is 1. The highest BCUT2D eigenvalue weighted by atomic mass is 16.5. The summed E-state index contributed by atoms with van der Waals surface area (Å²) in [6, 6.07) is 0. The first-order chi connectivity index (χ1) is 7.68. The Balaban J connectivity index is 2.39. The van der Waals surface area contributed by atoms with Crippen LogP contribution in [-0.2, 0) is 7.05 Å². The van der Waals surface area contributed by atoms with E-state index in [0.29, 0.717) is 6.61 Å². The Morgan fingerprint density at radius 2 is 1.94 bits per heavy atom. The van der Waals surface area contributed by atoms with Gasteiger partial charge in [-0.1, -0.05) is 13.8 Å². The van der Waals surface area contributed by atoms with Crippen molar-refractivity contribution in [2.45, 2.75) is 40.2 Å². The van der Waals surface area contributed by atoms with Crippen molar-refractivity contribution in [2.24, 2.45) is 12.5 Å². The van der Waals surface area contributed by atoms with Crippen LogP contribution in [-0.4, -0.2) is 28.5 Å². The number of nitrogens with one attached hydrogen (secondary N) is 1. The van der Waals surface area contributed by atoms with Crippen molar-refractivity contribution >= 4 is 0 Å². The molecular formula is C13H25N3O. The lowest BCUT2D eigenvalue weighted by atomic mass is 9.93. The molecule has 4 nitrogen and oxygen atoms in total. The average Bonchev–Trinajstić information content (AvgIpc) is 2.58. The van der Waals surface area contributed by atoms with Gasteiger partial charge in [0.15, 0.2) is 5.75 Å². The fourth-order valence-corrected chi connectivity index (χ4v) is 1.31. The van der Waals surface area contributed by atoms with E-state index < -0.39 is 0 Å². The topological polar surface area (TPSA) is 39.1 Å². The lowest BCUT2D eigenvalue weighted by molar-refractivity contribution is 0.165. The zero-order valence-corrected chi connectivity index (χ0v) is 11.9. The quantitative estimate of drug-likeness (QED) is 0.856. The van der Waals surface area contributed by atoms with Crippen molar-refractivity contribution < 1.29 is 4.74 Å². The molecular weight excluding hydrogens is 214 g/mol. The summed E-state index contributed by atoms with van der Waals surface area (Å²) >= 11 is 0. The first-order valence-electron chi connectivity index (χ1n) is 6.04. The lowest BCUT2D eigenvalue weighted by Crippen LogP contribution is -2.43. The molecule has 98 valence electrons. The minimum absolute atomic E-state index is 0.100. The molecule has 17 heavy (non-hydrogen) atoms. The molecule has 1 rings (SSSR count). The predicted molar refractivity (Wildman–Crippen MR) is 70.2 cm³/mol. The van der Waals surface area contributed by atoms with Crippen LogP contribution >= 0.6 is 0 Å². The van der Waals surface area contributed by atoms with E-state index in [1.165, 1.54) is 0 Å². The number of nitrogens with zero attached hydrogens (tertiary/aromatic N) is 2. The standard InChI is InChI=1S/C13H25N3O/c1-12(2,3)14-9-13(4,5)10-17-11-7-15-16(6)8-11/h7-8,14H,9-10H2,1-6H3. The van der Waals surface area contributed by atoms with Gasteiger partial charge in [0.1, 0.15) is 0 Å². The first-order valence-corrected chi connectivity index (χ1v) is 6.04. The summed E-state index contributed by atoms with van der Waals surface area (Å²) in [4.78, 5) is 0. The average molecular weight is 239 g/mol. The van der Waals surface area contributed by atoms with Gasteiger partial charge in [0.2, 0.25) is 0 Å².